The summed E-state index contributed by atoms with van der Waals surface area (Å²) in [5, 5.41) is 13.7. The highest BCUT2D eigenvalue weighted by Gasteiger charge is 2.35. The van der Waals surface area contributed by atoms with Crippen molar-refractivity contribution in [3.05, 3.63) is 64.2 Å². The molecular formula is C20H19N3O6. The largest absolute Gasteiger partial charge is 0.462 e. The summed E-state index contributed by atoms with van der Waals surface area (Å²) >= 11 is 0. The molecule has 1 aliphatic rings. The van der Waals surface area contributed by atoms with E-state index in [1.165, 1.54) is 23.1 Å². The summed E-state index contributed by atoms with van der Waals surface area (Å²) in [6.45, 7) is 2.12. The summed E-state index contributed by atoms with van der Waals surface area (Å²) in [6.07, 6.45) is 0.00936. The molecule has 0 bridgehead atoms. The molecule has 2 aromatic carbocycles. The van der Waals surface area contributed by atoms with Crippen LogP contribution in [-0.4, -0.2) is 35.9 Å². The summed E-state index contributed by atoms with van der Waals surface area (Å²) in [6, 6.07) is 12.0. The fourth-order valence-corrected chi connectivity index (χ4v) is 3.06. The predicted molar refractivity (Wildman–Crippen MR) is 105 cm³/mol. The Hall–Kier alpha value is -3.75. The molecule has 1 heterocycles. The first-order chi connectivity index (χ1) is 13.9. The molecule has 0 aliphatic carbocycles. The van der Waals surface area contributed by atoms with Gasteiger partial charge in [-0.25, -0.2) is 4.79 Å². The Morgan fingerprint density at radius 2 is 1.97 bits per heavy atom. The fourth-order valence-electron chi connectivity index (χ4n) is 3.06. The van der Waals surface area contributed by atoms with Crippen molar-refractivity contribution in [2.75, 3.05) is 23.4 Å². The zero-order valence-corrected chi connectivity index (χ0v) is 15.7. The lowest BCUT2D eigenvalue weighted by Gasteiger charge is -2.16. The van der Waals surface area contributed by atoms with Gasteiger partial charge in [0.05, 0.1) is 28.7 Å². The second-order valence-corrected chi connectivity index (χ2v) is 6.47. The molecule has 2 amide bonds. The maximum absolute atomic E-state index is 12.5. The van der Waals surface area contributed by atoms with Gasteiger partial charge in [0, 0.05) is 30.8 Å². The number of ether oxygens (including phenoxy) is 1. The van der Waals surface area contributed by atoms with Crippen LogP contribution in [0.2, 0.25) is 0 Å². The lowest BCUT2D eigenvalue weighted by Crippen LogP contribution is -2.28. The van der Waals surface area contributed by atoms with Crippen LogP contribution in [0.25, 0.3) is 0 Å². The molecule has 9 nitrogen and oxygen atoms in total. The third-order valence-corrected chi connectivity index (χ3v) is 4.51. The average molecular weight is 397 g/mol. The van der Waals surface area contributed by atoms with Crippen molar-refractivity contribution in [1.29, 1.82) is 0 Å². The van der Waals surface area contributed by atoms with Crippen molar-refractivity contribution in [2.24, 2.45) is 5.92 Å². The number of benzene rings is 2. The van der Waals surface area contributed by atoms with E-state index in [0.717, 1.165) is 0 Å². The number of nitro groups is 1. The maximum atomic E-state index is 12.5. The summed E-state index contributed by atoms with van der Waals surface area (Å²) in [5.41, 5.74) is 1.13. The zero-order chi connectivity index (χ0) is 21.0. The minimum atomic E-state index is -0.591. The Morgan fingerprint density at radius 3 is 2.62 bits per heavy atom. The van der Waals surface area contributed by atoms with Crippen LogP contribution < -0.4 is 10.2 Å². The lowest BCUT2D eigenvalue weighted by molar-refractivity contribution is -0.384. The molecule has 1 saturated heterocycles. The third kappa shape index (κ3) is 4.57. The van der Waals surface area contributed by atoms with E-state index in [0.29, 0.717) is 16.9 Å². The monoisotopic (exact) mass is 397 g/mol. The van der Waals surface area contributed by atoms with Crippen LogP contribution >= 0.6 is 0 Å². The van der Waals surface area contributed by atoms with Crippen molar-refractivity contribution in [1.82, 2.24) is 0 Å². The predicted octanol–water partition coefficient (Wildman–Crippen LogP) is 2.76. The van der Waals surface area contributed by atoms with Gasteiger partial charge in [-0.3, -0.25) is 19.7 Å². The second kappa shape index (κ2) is 8.51. The first-order valence-corrected chi connectivity index (χ1v) is 9.02. The van der Waals surface area contributed by atoms with Gasteiger partial charge >= 0.3 is 5.97 Å². The number of carbonyl (C=O) groups excluding carboxylic acids is 3. The summed E-state index contributed by atoms with van der Waals surface area (Å²) in [4.78, 5) is 48.3. The van der Waals surface area contributed by atoms with Gasteiger partial charge in [-0.1, -0.05) is 6.07 Å². The molecule has 0 radical (unpaired) electrons. The van der Waals surface area contributed by atoms with E-state index < -0.39 is 16.8 Å². The van der Waals surface area contributed by atoms with Gasteiger partial charge in [0.1, 0.15) is 0 Å². The van der Waals surface area contributed by atoms with Crippen LogP contribution in [0, 0.1) is 16.0 Å². The zero-order valence-electron chi connectivity index (χ0n) is 15.7. The highest BCUT2D eigenvalue weighted by atomic mass is 16.6. The van der Waals surface area contributed by atoms with E-state index in [4.69, 9.17) is 4.74 Å². The number of esters is 1. The van der Waals surface area contributed by atoms with Crippen molar-refractivity contribution in [2.45, 2.75) is 13.3 Å². The molecule has 3 rings (SSSR count). The number of rotatable bonds is 6. The van der Waals surface area contributed by atoms with Gasteiger partial charge in [-0.15, -0.1) is 0 Å². The fraction of sp³-hybridized carbons (Fsp3) is 0.250. The van der Waals surface area contributed by atoms with Crippen molar-refractivity contribution < 1.29 is 24.0 Å². The standard InChI is InChI=1S/C20H19N3O6/c1-2-29-20(26)13-6-8-15(9-7-13)21-19(25)14-10-18(24)22(12-14)16-4-3-5-17(11-16)23(27)28/h3-9,11,14H,2,10,12H2,1H3,(H,21,25). The van der Waals surface area contributed by atoms with Gasteiger partial charge in [0.15, 0.2) is 0 Å². The smallest absolute Gasteiger partial charge is 0.338 e. The maximum Gasteiger partial charge on any atom is 0.338 e. The Balaban J connectivity index is 1.65. The van der Waals surface area contributed by atoms with Gasteiger partial charge in [0.2, 0.25) is 11.8 Å². The highest BCUT2D eigenvalue weighted by Crippen LogP contribution is 2.28. The molecule has 0 aromatic heterocycles. The van der Waals surface area contributed by atoms with Gasteiger partial charge in [-0.05, 0) is 37.3 Å². The van der Waals surface area contributed by atoms with Crippen LogP contribution in [-0.2, 0) is 14.3 Å². The Kier molecular flexibility index (Phi) is 5.87. The quantitative estimate of drug-likeness (QED) is 0.455. The SMILES string of the molecule is CCOC(=O)c1ccc(NC(=O)C2CC(=O)N(c3cccc([N+](=O)[O-])c3)C2)cc1. The Labute approximate surface area is 166 Å². The van der Waals surface area contributed by atoms with Crippen LogP contribution in [0.3, 0.4) is 0 Å². The van der Waals surface area contributed by atoms with Crippen molar-refractivity contribution in [3.63, 3.8) is 0 Å². The molecule has 1 atom stereocenters. The van der Waals surface area contributed by atoms with Crippen LogP contribution in [0.1, 0.15) is 23.7 Å². The molecule has 1 N–H and O–H groups in total. The Morgan fingerprint density at radius 1 is 1.24 bits per heavy atom. The number of non-ortho nitro benzene ring substituents is 1. The minimum absolute atomic E-state index is 0.00936. The van der Waals surface area contributed by atoms with Gasteiger partial charge in [0.25, 0.3) is 5.69 Å². The van der Waals surface area contributed by atoms with E-state index in [1.807, 2.05) is 0 Å². The summed E-state index contributed by atoms with van der Waals surface area (Å²) < 4.78 is 4.91. The van der Waals surface area contributed by atoms with Crippen LogP contribution in [0.4, 0.5) is 17.1 Å². The van der Waals surface area contributed by atoms with Crippen molar-refractivity contribution in [3.8, 4) is 0 Å². The lowest BCUT2D eigenvalue weighted by atomic mass is 10.1. The van der Waals surface area contributed by atoms with E-state index in [9.17, 15) is 24.5 Å². The number of carbonyl (C=O) groups is 3. The van der Waals surface area contributed by atoms with Crippen LogP contribution in [0.5, 0.6) is 0 Å². The number of hydrogen-bond acceptors (Lipinski definition) is 6. The second-order valence-electron chi connectivity index (χ2n) is 6.47. The Bertz CT molecular complexity index is 957. The molecule has 0 spiro atoms. The molecule has 9 heteroatoms. The topological polar surface area (TPSA) is 119 Å². The minimum Gasteiger partial charge on any atom is -0.462 e. The van der Waals surface area contributed by atoms with E-state index in [2.05, 4.69) is 5.32 Å². The van der Waals surface area contributed by atoms with Crippen LogP contribution in [0.15, 0.2) is 48.5 Å². The van der Waals surface area contributed by atoms with E-state index in [-0.39, 0.29) is 37.1 Å². The number of hydrogen-bond donors (Lipinski definition) is 1. The molecule has 1 unspecified atom stereocenters. The van der Waals surface area contributed by atoms with E-state index >= 15 is 0 Å². The molecule has 29 heavy (non-hydrogen) atoms. The molecule has 1 fully saturated rings. The summed E-state index contributed by atoms with van der Waals surface area (Å²) in [7, 11) is 0. The number of anilines is 2. The average Bonchev–Trinajstić information content (AvgIpc) is 3.10. The first kappa shape index (κ1) is 20.0. The normalized spacial score (nSPS) is 15.8. The number of nitro benzene ring substituents is 1. The van der Waals surface area contributed by atoms with Gasteiger partial charge in [-0.2, -0.15) is 0 Å². The van der Waals surface area contributed by atoms with Gasteiger partial charge < -0.3 is 15.0 Å². The molecular weight excluding hydrogens is 378 g/mol. The van der Waals surface area contributed by atoms with Crippen molar-refractivity contribution >= 4 is 34.8 Å². The number of nitrogens with zero attached hydrogens (tertiary/aromatic N) is 2. The first-order valence-electron chi connectivity index (χ1n) is 9.02. The highest BCUT2D eigenvalue weighted by molar-refractivity contribution is 6.03. The molecule has 2 aromatic rings. The molecule has 1 aliphatic heterocycles. The molecule has 0 saturated carbocycles. The third-order valence-electron chi connectivity index (χ3n) is 4.51. The summed E-state index contributed by atoms with van der Waals surface area (Å²) in [5.74, 6) is -1.65. The number of nitrogens with one attached hydrogen (secondary N) is 1. The molecule has 150 valence electrons. The number of amides is 2. The van der Waals surface area contributed by atoms with E-state index in [1.54, 1.807) is 37.3 Å².